The first-order valence-electron chi connectivity index (χ1n) is 14.6. The first kappa shape index (κ1) is 24.8. The molecule has 192 valence electrons. The van der Waals surface area contributed by atoms with Crippen LogP contribution < -0.4 is 0 Å². The molecule has 0 radical (unpaired) electrons. The van der Waals surface area contributed by atoms with Gasteiger partial charge in [0, 0.05) is 19.3 Å². The molecule has 5 saturated carbocycles. The number of ether oxygens (including phenoxy) is 1. The predicted molar refractivity (Wildman–Crippen MR) is 136 cm³/mol. The van der Waals surface area contributed by atoms with E-state index in [2.05, 4.69) is 27.7 Å². The second-order valence-electron chi connectivity index (χ2n) is 14.4. The molecule has 3 nitrogen and oxygen atoms in total. The Bertz CT molecular complexity index is 848. The number of rotatable bonds is 6. The Balaban J connectivity index is 1.35. The highest BCUT2D eigenvalue weighted by Gasteiger charge is 2.81. The third-order valence-electron chi connectivity index (χ3n) is 13.2. The van der Waals surface area contributed by atoms with Gasteiger partial charge in [0.25, 0.3) is 0 Å². The molecular formula is C31H50O3. The van der Waals surface area contributed by atoms with Crippen molar-refractivity contribution in [2.75, 3.05) is 0 Å². The van der Waals surface area contributed by atoms with Crippen molar-refractivity contribution in [2.45, 2.75) is 125 Å². The summed E-state index contributed by atoms with van der Waals surface area (Å²) in [5.74, 6) is 4.04. The highest BCUT2D eigenvalue weighted by Crippen LogP contribution is 2.88. The van der Waals surface area contributed by atoms with Crippen LogP contribution in [0.1, 0.15) is 119 Å². The molecule has 5 aliphatic rings. The molecular weight excluding hydrogens is 420 g/mol. The van der Waals surface area contributed by atoms with E-state index in [4.69, 9.17) is 4.74 Å². The quantitative estimate of drug-likeness (QED) is 0.375. The molecule has 5 fully saturated rings. The molecule has 0 bridgehead atoms. The average Bonchev–Trinajstić information content (AvgIpc) is 3.36. The van der Waals surface area contributed by atoms with Gasteiger partial charge in [0.1, 0.15) is 11.9 Å². The topological polar surface area (TPSA) is 43.4 Å². The number of hydrogen-bond donors (Lipinski definition) is 0. The minimum absolute atomic E-state index is 0.103. The molecule has 5 rings (SSSR count). The highest BCUT2D eigenvalue weighted by molar-refractivity contribution is 5.80. The molecule has 5 aliphatic carbocycles. The zero-order valence-electron chi connectivity index (χ0n) is 23.0. The lowest BCUT2D eigenvalue weighted by atomic mass is 9.43. The summed E-state index contributed by atoms with van der Waals surface area (Å²) in [7, 11) is 0. The molecule has 0 amide bonds. The third-order valence-corrected chi connectivity index (χ3v) is 13.2. The number of esters is 1. The first-order chi connectivity index (χ1) is 15.9. The number of fused-ring (bicyclic) bond motifs is 2. The standard InChI is InChI=1S/C31H50O3/c1-19(2)25(33)10-8-20(3)23-12-14-29(7)27-11-9-24-21(4)26(34-22(5)32)13-15-30(24)18-31(27,30)17-16-28(23,29)6/h19-21,23-24,26-27H,8-18H2,1-7H3. The normalized spacial score (nSPS) is 49.9. The predicted octanol–water partition coefficient (Wildman–Crippen LogP) is 7.61. The summed E-state index contributed by atoms with van der Waals surface area (Å²) in [6, 6.07) is 0. The lowest BCUT2D eigenvalue weighted by molar-refractivity contribution is -0.165. The van der Waals surface area contributed by atoms with Crippen LogP contribution in [0.15, 0.2) is 0 Å². The summed E-state index contributed by atoms with van der Waals surface area (Å²) >= 11 is 0. The Hall–Kier alpha value is -0.860. The number of carbonyl (C=O) groups excluding carboxylic acids is 2. The summed E-state index contributed by atoms with van der Waals surface area (Å²) in [4.78, 5) is 24.0. The van der Waals surface area contributed by atoms with E-state index in [0.717, 1.165) is 37.0 Å². The maximum atomic E-state index is 12.3. The van der Waals surface area contributed by atoms with E-state index in [-0.39, 0.29) is 18.0 Å². The molecule has 10 atom stereocenters. The van der Waals surface area contributed by atoms with Crippen LogP contribution >= 0.6 is 0 Å². The molecule has 3 heteroatoms. The molecule has 0 N–H and O–H groups in total. The smallest absolute Gasteiger partial charge is 0.302 e. The van der Waals surface area contributed by atoms with Gasteiger partial charge in [0.2, 0.25) is 0 Å². The SMILES string of the molecule is CC(=O)OC1CCC23CC24CCC2(C)C(C(C)CCC(=O)C(C)C)CCC2(C)C4CCC3C1C. The van der Waals surface area contributed by atoms with E-state index in [0.29, 0.717) is 39.3 Å². The van der Waals surface area contributed by atoms with E-state index in [1.807, 2.05) is 13.8 Å². The van der Waals surface area contributed by atoms with Crippen molar-refractivity contribution in [3.63, 3.8) is 0 Å². The van der Waals surface area contributed by atoms with Crippen LogP contribution in [0.3, 0.4) is 0 Å². The molecule has 0 heterocycles. The van der Waals surface area contributed by atoms with Crippen molar-refractivity contribution >= 4 is 11.8 Å². The van der Waals surface area contributed by atoms with Gasteiger partial charge in [-0.1, -0.05) is 41.5 Å². The first-order valence-corrected chi connectivity index (χ1v) is 14.6. The molecule has 0 aromatic rings. The number of Topliss-reactive ketones (excluding diaryl/α,β-unsaturated/α-hetero) is 1. The zero-order chi connectivity index (χ0) is 24.7. The number of carbonyl (C=O) groups is 2. The molecule has 34 heavy (non-hydrogen) atoms. The zero-order valence-corrected chi connectivity index (χ0v) is 23.0. The molecule has 0 aromatic heterocycles. The van der Waals surface area contributed by atoms with Gasteiger partial charge in [-0.05, 0) is 115 Å². The fraction of sp³-hybridized carbons (Fsp3) is 0.935. The number of ketones is 1. The molecule has 0 aromatic carbocycles. The summed E-state index contributed by atoms with van der Waals surface area (Å²) in [5.41, 5.74) is 1.95. The summed E-state index contributed by atoms with van der Waals surface area (Å²) in [5, 5.41) is 0. The van der Waals surface area contributed by atoms with E-state index in [1.165, 1.54) is 51.4 Å². The summed E-state index contributed by atoms with van der Waals surface area (Å²) in [6.07, 6.45) is 14.0. The van der Waals surface area contributed by atoms with Crippen molar-refractivity contribution in [1.29, 1.82) is 0 Å². The molecule has 0 saturated heterocycles. The van der Waals surface area contributed by atoms with Crippen LogP contribution in [-0.4, -0.2) is 17.9 Å². The highest BCUT2D eigenvalue weighted by atomic mass is 16.5. The van der Waals surface area contributed by atoms with Crippen LogP contribution in [-0.2, 0) is 14.3 Å². The fourth-order valence-electron chi connectivity index (χ4n) is 11.2. The lowest BCUT2D eigenvalue weighted by Crippen LogP contribution is -2.56. The number of hydrogen-bond acceptors (Lipinski definition) is 3. The van der Waals surface area contributed by atoms with Crippen molar-refractivity contribution in [2.24, 2.45) is 57.2 Å². The molecule has 2 spiro atoms. The van der Waals surface area contributed by atoms with Gasteiger partial charge >= 0.3 is 5.97 Å². The van der Waals surface area contributed by atoms with E-state index in [1.54, 1.807) is 6.92 Å². The van der Waals surface area contributed by atoms with Crippen molar-refractivity contribution in [1.82, 2.24) is 0 Å². The van der Waals surface area contributed by atoms with Crippen LogP contribution in [0.2, 0.25) is 0 Å². The second kappa shape index (κ2) is 8.07. The second-order valence-corrected chi connectivity index (χ2v) is 14.4. The average molecular weight is 471 g/mol. The van der Waals surface area contributed by atoms with Crippen molar-refractivity contribution in [3.05, 3.63) is 0 Å². The molecule has 0 aliphatic heterocycles. The van der Waals surface area contributed by atoms with Gasteiger partial charge in [-0.15, -0.1) is 0 Å². The summed E-state index contributed by atoms with van der Waals surface area (Å²) in [6.45, 7) is 15.8. The fourth-order valence-corrected chi connectivity index (χ4v) is 11.2. The monoisotopic (exact) mass is 470 g/mol. The van der Waals surface area contributed by atoms with Crippen LogP contribution in [0, 0.1) is 57.2 Å². The summed E-state index contributed by atoms with van der Waals surface area (Å²) < 4.78 is 5.79. The molecule has 10 unspecified atom stereocenters. The Labute approximate surface area is 208 Å². The van der Waals surface area contributed by atoms with Gasteiger partial charge in [-0.25, -0.2) is 0 Å². The van der Waals surface area contributed by atoms with Crippen LogP contribution in [0.5, 0.6) is 0 Å². The van der Waals surface area contributed by atoms with Gasteiger partial charge in [-0.2, -0.15) is 0 Å². The van der Waals surface area contributed by atoms with Gasteiger partial charge in [0.05, 0.1) is 0 Å². The van der Waals surface area contributed by atoms with Gasteiger partial charge in [-0.3, -0.25) is 9.59 Å². The van der Waals surface area contributed by atoms with E-state index >= 15 is 0 Å². The maximum Gasteiger partial charge on any atom is 0.302 e. The Morgan fingerprint density at radius 3 is 2.32 bits per heavy atom. The lowest BCUT2D eigenvalue weighted by Gasteiger charge is -2.62. The largest absolute Gasteiger partial charge is 0.462 e. The van der Waals surface area contributed by atoms with Gasteiger partial charge in [0.15, 0.2) is 0 Å². The Morgan fingerprint density at radius 2 is 1.65 bits per heavy atom. The van der Waals surface area contributed by atoms with E-state index in [9.17, 15) is 9.59 Å². The minimum atomic E-state index is -0.103. The minimum Gasteiger partial charge on any atom is -0.462 e. The van der Waals surface area contributed by atoms with Crippen molar-refractivity contribution < 1.29 is 14.3 Å². The third kappa shape index (κ3) is 3.19. The van der Waals surface area contributed by atoms with Gasteiger partial charge < -0.3 is 4.74 Å². The Kier molecular flexibility index (Phi) is 5.89. The van der Waals surface area contributed by atoms with E-state index < -0.39 is 0 Å². The van der Waals surface area contributed by atoms with Crippen molar-refractivity contribution in [3.8, 4) is 0 Å². The van der Waals surface area contributed by atoms with Crippen LogP contribution in [0.25, 0.3) is 0 Å². The van der Waals surface area contributed by atoms with Crippen LogP contribution in [0.4, 0.5) is 0 Å². The maximum absolute atomic E-state index is 12.3. The Morgan fingerprint density at radius 1 is 0.912 bits per heavy atom.